The first-order valence-corrected chi connectivity index (χ1v) is 7.77. The highest BCUT2D eigenvalue weighted by Gasteiger charge is 2.22. The minimum Gasteiger partial charge on any atom is -0.396 e. The second-order valence-electron chi connectivity index (χ2n) is 5.24. The van der Waals surface area contributed by atoms with E-state index in [9.17, 15) is 8.42 Å². The highest BCUT2D eigenvalue weighted by molar-refractivity contribution is 7.89. The molecule has 0 aliphatic heterocycles. The van der Waals surface area contributed by atoms with Gasteiger partial charge in [0.25, 0.3) is 0 Å². The van der Waals surface area contributed by atoms with Crippen molar-refractivity contribution in [2.45, 2.75) is 32.1 Å². The largest absolute Gasteiger partial charge is 0.396 e. The van der Waals surface area contributed by atoms with Gasteiger partial charge in [0.1, 0.15) is 10.0 Å². The molecule has 0 aliphatic carbocycles. The fourth-order valence-corrected chi connectivity index (χ4v) is 2.82. The average Bonchev–Trinajstić information content (AvgIpc) is 2.30. The van der Waals surface area contributed by atoms with Gasteiger partial charge in [0.2, 0.25) is 10.0 Å². The molecule has 1 rings (SSSR count). The number of nitrogens with zero attached hydrogens (tertiary/aromatic N) is 1. The molecule has 0 bridgehead atoms. The Labute approximate surface area is 119 Å². The van der Waals surface area contributed by atoms with Crippen LogP contribution < -0.4 is 4.72 Å². The third kappa shape index (κ3) is 4.72. The summed E-state index contributed by atoms with van der Waals surface area (Å²) in [6, 6.07) is 1.48. The molecule has 108 valence electrons. The Morgan fingerprint density at radius 3 is 2.63 bits per heavy atom. The Hall–Kier alpha value is -0.690. The summed E-state index contributed by atoms with van der Waals surface area (Å²) >= 11 is 5.77. The van der Waals surface area contributed by atoms with Gasteiger partial charge >= 0.3 is 0 Å². The van der Waals surface area contributed by atoms with Crippen molar-refractivity contribution in [3.05, 3.63) is 23.0 Å². The molecule has 0 atom stereocenters. The quantitative estimate of drug-likeness (QED) is 0.785. The number of hydrogen-bond donors (Lipinski definition) is 2. The predicted octanol–water partition coefficient (Wildman–Crippen LogP) is 1.73. The van der Waals surface area contributed by atoms with E-state index in [1.54, 1.807) is 6.92 Å². The molecule has 0 amide bonds. The molecule has 5 nitrogen and oxygen atoms in total. The molecule has 0 fully saturated rings. The fourth-order valence-electron chi connectivity index (χ4n) is 1.44. The lowest BCUT2D eigenvalue weighted by Gasteiger charge is -2.23. The number of rotatable bonds is 6. The number of nitrogens with one attached hydrogen (secondary N) is 1. The van der Waals surface area contributed by atoms with Crippen LogP contribution in [-0.4, -0.2) is 31.7 Å². The SMILES string of the molecule is Cc1cc(S(=O)(=O)NCC(C)(C)CCO)cnc1Cl. The summed E-state index contributed by atoms with van der Waals surface area (Å²) in [5, 5.41) is 9.20. The van der Waals surface area contributed by atoms with Gasteiger partial charge in [-0.25, -0.2) is 18.1 Å². The third-order valence-electron chi connectivity index (χ3n) is 2.83. The van der Waals surface area contributed by atoms with Crippen LogP contribution in [0.2, 0.25) is 5.15 Å². The number of aliphatic hydroxyl groups excluding tert-OH is 1. The normalized spacial score (nSPS) is 12.7. The van der Waals surface area contributed by atoms with Crippen molar-refractivity contribution >= 4 is 21.6 Å². The van der Waals surface area contributed by atoms with Gasteiger partial charge < -0.3 is 5.11 Å². The van der Waals surface area contributed by atoms with Crippen LogP contribution in [-0.2, 0) is 10.0 Å². The fraction of sp³-hybridized carbons (Fsp3) is 0.583. The summed E-state index contributed by atoms with van der Waals surface area (Å²) in [5.74, 6) is 0. The van der Waals surface area contributed by atoms with Gasteiger partial charge in [-0.2, -0.15) is 0 Å². The third-order valence-corrected chi connectivity index (χ3v) is 4.59. The van der Waals surface area contributed by atoms with Crippen molar-refractivity contribution < 1.29 is 13.5 Å². The van der Waals surface area contributed by atoms with E-state index in [-0.39, 0.29) is 23.5 Å². The van der Waals surface area contributed by atoms with Crippen LogP contribution in [0.25, 0.3) is 0 Å². The smallest absolute Gasteiger partial charge is 0.242 e. The monoisotopic (exact) mass is 306 g/mol. The van der Waals surface area contributed by atoms with Crippen LogP contribution in [0.1, 0.15) is 25.8 Å². The number of hydrogen-bond acceptors (Lipinski definition) is 4. The number of halogens is 1. The van der Waals surface area contributed by atoms with E-state index in [1.807, 2.05) is 13.8 Å². The van der Waals surface area contributed by atoms with Crippen LogP contribution in [0.5, 0.6) is 0 Å². The van der Waals surface area contributed by atoms with E-state index in [0.29, 0.717) is 17.1 Å². The van der Waals surface area contributed by atoms with Gasteiger partial charge in [-0.15, -0.1) is 0 Å². The van der Waals surface area contributed by atoms with Crippen molar-refractivity contribution in [3.63, 3.8) is 0 Å². The Morgan fingerprint density at radius 2 is 2.11 bits per heavy atom. The second kappa shape index (κ2) is 6.17. The first-order chi connectivity index (χ1) is 8.68. The zero-order valence-corrected chi connectivity index (χ0v) is 12.8. The minimum absolute atomic E-state index is 0.0241. The predicted molar refractivity (Wildman–Crippen MR) is 74.7 cm³/mol. The first-order valence-electron chi connectivity index (χ1n) is 5.91. The van der Waals surface area contributed by atoms with Gasteiger partial charge in [-0.05, 0) is 30.4 Å². The van der Waals surface area contributed by atoms with Crippen molar-refractivity contribution in [3.8, 4) is 0 Å². The maximum absolute atomic E-state index is 12.1. The summed E-state index contributed by atoms with van der Waals surface area (Å²) < 4.78 is 26.7. The maximum atomic E-state index is 12.1. The summed E-state index contributed by atoms with van der Waals surface area (Å²) in [4.78, 5) is 3.92. The molecule has 0 spiro atoms. The van der Waals surface area contributed by atoms with Crippen LogP contribution in [0.4, 0.5) is 0 Å². The Bertz CT molecular complexity index is 544. The van der Waals surface area contributed by atoms with E-state index < -0.39 is 10.0 Å². The average molecular weight is 307 g/mol. The highest BCUT2D eigenvalue weighted by atomic mass is 35.5. The lowest BCUT2D eigenvalue weighted by Crippen LogP contribution is -2.34. The van der Waals surface area contributed by atoms with Crippen LogP contribution in [0.15, 0.2) is 17.2 Å². The van der Waals surface area contributed by atoms with E-state index in [4.69, 9.17) is 16.7 Å². The summed E-state index contributed by atoms with van der Waals surface area (Å²) in [7, 11) is -3.60. The van der Waals surface area contributed by atoms with E-state index in [1.165, 1.54) is 12.3 Å². The molecule has 1 aromatic heterocycles. The lowest BCUT2D eigenvalue weighted by atomic mass is 9.90. The molecule has 7 heteroatoms. The second-order valence-corrected chi connectivity index (χ2v) is 7.37. The number of aliphatic hydroxyl groups is 1. The van der Waals surface area contributed by atoms with Gasteiger partial charge in [0.15, 0.2) is 0 Å². The van der Waals surface area contributed by atoms with Crippen molar-refractivity contribution in [1.29, 1.82) is 0 Å². The number of aromatic nitrogens is 1. The molecular formula is C12H19ClN2O3S. The zero-order chi connectivity index (χ0) is 14.7. The van der Waals surface area contributed by atoms with Gasteiger partial charge in [0, 0.05) is 19.3 Å². The van der Waals surface area contributed by atoms with Crippen LogP contribution in [0, 0.1) is 12.3 Å². The molecule has 0 radical (unpaired) electrons. The molecule has 0 aliphatic rings. The minimum atomic E-state index is -3.60. The highest BCUT2D eigenvalue weighted by Crippen LogP contribution is 2.20. The van der Waals surface area contributed by atoms with E-state index >= 15 is 0 Å². The molecule has 0 unspecified atom stereocenters. The molecule has 0 aromatic carbocycles. The lowest BCUT2D eigenvalue weighted by molar-refractivity contribution is 0.213. The molecule has 2 N–H and O–H groups in total. The van der Waals surface area contributed by atoms with Gasteiger partial charge in [-0.3, -0.25) is 0 Å². The van der Waals surface area contributed by atoms with Crippen molar-refractivity contribution in [2.24, 2.45) is 5.41 Å². The van der Waals surface area contributed by atoms with Crippen LogP contribution >= 0.6 is 11.6 Å². The Kier molecular flexibility index (Phi) is 5.32. The molecule has 0 saturated carbocycles. The maximum Gasteiger partial charge on any atom is 0.242 e. The zero-order valence-electron chi connectivity index (χ0n) is 11.3. The number of aryl methyl sites for hydroxylation is 1. The van der Waals surface area contributed by atoms with Gasteiger partial charge in [0.05, 0.1) is 0 Å². The molecule has 1 aromatic rings. The summed E-state index contributed by atoms with van der Waals surface area (Å²) in [5.41, 5.74) is 0.302. The van der Waals surface area contributed by atoms with Crippen molar-refractivity contribution in [1.82, 2.24) is 9.71 Å². The van der Waals surface area contributed by atoms with Crippen LogP contribution in [0.3, 0.4) is 0 Å². The van der Waals surface area contributed by atoms with Gasteiger partial charge in [-0.1, -0.05) is 25.4 Å². The molecule has 1 heterocycles. The van der Waals surface area contributed by atoms with E-state index in [2.05, 4.69) is 9.71 Å². The topological polar surface area (TPSA) is 79.3 Å². The number of pyridine rings is 1. The van der Waals surface area contributed by atoms with E-state index in [0.717, 1.165) is 0 Å². The summed E-state index contributed by atoms with van der Waals surface area (Å²) in [6.45, 7) is 5.74. The Morgan fingerprint density at radius 1 is 1.47 bits per heavy atom. The van der Waals surface area contributed by atoms with Crippen molar-refractivity contribution in [2.75, 3.05) is 13.2 Å². The Balaban J connectivity index is 2.84. The molecule has 19 heavy (non-hydrogen) atoms. The standard InChI is InChI=1S/C12H19ClN2O3S/c1-9-6-10(7-14-11(9)13)19(17,18)15-8-12(2,3)4-5-16/h6-7,15-16H,4-5,8H2,1-3H3. The first kappa shape index (κ1) is 16.4. The number of sulfonamides is 1. The summed E-state index contributed by atoms with van der Waals surface area (Å²) in [6.07, 6.45) is 1.75. The molecule has 0 saturated heterocycles. The molecular weight excluding hydrogens is 288 g/mol.